The third kappa shape index (κ3) is 3.95. The lowest BCUT2D eigenvalue weighted by molar-refractivity contribution is -0.131. The van der Waals surface area contributed by atoms with Crippen molar-refractivity contribution in [2.24, 2.45) is 5.41 Å². The van der Waals surface area contributed by atoms with Crippen LogP contribution in [0.5, 0.6) is 5.75 Å². The van der Waals surface area contributed by atoms with Crippen LogP contribution >= 0.6 is 0 Å². The molecule has 1 aromatic carbocycles. The smallest absolute Gasteiger partial charge is 0.265 e. The van der Waals surface area contributed by atoms with E-state index < -0.39 is 0 Å². The highest BCUT2D eigenvalue weighted by molar-refractivity contribution is 5.98. The molecule has 0 N–H and O–H groups in total. The van der Waals surface area contributed by atoms with Gasteiger partial charge in [0.05, 0.1) is 5.69 Å². The number of fused-ring (bicyclic) bond motifs is 1. The number of hydrogen-bond donors (Lipinski definition) is 0. The third-order valence-corrected chi connectivity index (χ3v) is 5.15. The Hall–Kier alpha value is -2.08. The number of para-hydroxylation sites is 2. The summed E-state index contributed by atoms with van der Waals surface area (Å²) in [5.41, 5.74) is 0.902. The van der Waals surface area contributed by atoms with Gasteiger partial charge in [0.1, 0.15) is 5.75 Å². The molecule has 0 radical (unpaired) electrons. The molecule has 2 aliphatic rings. The fourth-order valence-corrected chi connectivity index (χ4v) is 3.86. The number of likely N-dealkylation sites (tertiary alicyclic amines) is 1. The molecule has 0 spiro atoms. The van der Waals surface area contributed by atoms with Gasteiger partial charge >= 0.3 is 0 Å². The Morgan fingerprint density at radius 2 is 2.12 bits per heavy atom. The quantitative estimate of drug-likeness (QED) is 0.813. The van der Waals surface area contributed by atoms with Crippen LogP contribution in [0.4, 0.5) is 5.69 Å². The number of amides is 2. The minimum atomic E-state index is -0.0986. The number of carbonyl (C=O) groups excluding carboxylic acids is 2. The molecule has 6 nitrogen and oxygen atoms in total. The minimum Gasteiger partial charge on any atom is -0.482 e. The molecule has 1 atom stereocenters. The summed E-state index contributed by atoms with van der Waals surface area (Å²) in [6, 6.07) is 7.46. The Morgan fingerprint density at radius 1 is 1.36 bits per heavy atom. The Kier molecular flexibility index (Phi) is 4.99. The second-order valence-electron chi connectivity index (χ2n) is 7.60. The number of benzene rings is 1. The summed E-state index contributed by atoms with van der Waals surface area (Å²) in [6.45, 7) is 5.51. The Bertz CT molecular complexity index is 663. The molecular formula is C19H27N3O3. The van der Waals surface area contributed by atoms with Crippen molar-refractivity contribution in [1.29, 1.82) is 0 Å². The first-order valence-electron chi connectivity index (χ1n) is 8.83. The van der Waals surface area contributed by atoms with Crippen molar-refractivity contribution in [2.45, 2.75) is 19.8 Å². The van der Waals surface area contributed by atoms with Crippen molar-refractivity contribution in [3.05, 3.63) is 24.3 Å². The monoisotopic (exact) mass is 345 g/mol. The van der Waals surface area contributed by atoms with Crippen LogP contribution in [0.15, 0.2) is 24.3 Å². The normalized spacial score (nSPS) is 23.3. The van der Waals surface area contributed by atoms with E-state index in [1.54, 1.807) is 4.90 Å². The van der Waals surface area contributed by atoms with Gasteiger partial charge in [-0.15, -0.1) is 0 Å². The lowest BCUT2D eigenvalue weighted by Gasteiger charge is -2.32. The lowest BCUT2D eigenvalue weighted by Crippen LogP contribution is -2.43. The molecule has 1 fully saturated rings. The lowest BCUT2D eigenvalue weighted by atomic mass is 9.89. The molecule has 136 valence electrons. The second-order valence-corrected chi connectivity index (χ2v) is 7.60. The van der Waals surface area contributed by atoms with Crippen molar-refractivity contribution in [3.63, 3.8) is 0 Å². The standard InChI is InChI=1S/C19H27N3O3/c1-19(9-11-20(2)13-19)14-21(3)17(23)8-10-22-15-6-4-5-7-16(15)25-12-18(22)24/h4-7H,8-14H2,1-3H3/t19-/m1/s1. The average Bonchev–Trinajstić information content (AvgIpc) is 2.92. The van der Waals surface area contributed by atoms with Crippen LogP contribution in [0.1, 0.15) is 19.8 Å². The van der Waals surface area contributed by atoms with E-state index in [4.69, 9.17) is 4.74 Å². The van der Waals surface area contributed by atoms with Gasteiger partial charge in [-0.05, 0) is 37.6 Å². The maximum absolute atomic E-state index is 12.6. The van der Waals surface area contributed by atoms with E-state index in [1.165, 1.54) is 0 Å². The van der Waals surface area contributed by atoms with Gasteiger partial charge in [0, 0.05) is 33.1 Å². The van der Waals surface area contributed by atoms with Crippen LogP contribution < -0.4 is 9.64 Å². The van der Waals surface area contributed by atoms with Crippen LogP contribution in [0.2, 0.25) is 0 Å². The maximum Gasteiger partial charge on any atom is 0.265 e. The van der Waals surface area contributed by atoms with Gasteiger partial charge in [-0.2, -0.15) is 0 Å². The van der Waals surface area contributed by atoms with Crippen molar-refractivity contribution < 1.29 is 14.3 Å². The second kappa shape index (κ2) is 7.04. The van der Waals surface area contributed by atoms with Crippen molar-refractivity contribution in [1.82, 2.24) is 9.80 Å². The van der Waals surface area contributed by atoms with E-state index >= 15 is 0 Å². The molecular weight excluding hydrogens is 318 g/mol. The van der Waals surface area contributed by atoms with Crippen molar-refractivity contribution in [3.8, 4) is 5.75 Å². The third-order valence-electron chi connectivity index (χ3n) is 5.15. The minimum absolute atomic E-state index is 0.0332. The topological polar surface area (TPSA) is 53.1 Å². The number of hydrogen-bond acceptors (Lipinski definition) is 4. The van der Waals surface area contributed by atoms with Gasteiger partial charge in [-0.3, -0.25) is 9.59 Å². The number of rotatable bonds is 5. The molecule has 6 heteroatoms. The SMILES string of the molecule is CN1CC[C@@](C)(CN(C)C(=O)CCN2C(=O)COc3ccccc32)C1. The Morgan fingerprint density at radius 3 is 2.84 bits per heavy atom. The summed E-state index contributed by atoms with van der Waals surface area (Å²) in [5.74, 6) is 0.676. The zero-order chi connectivity index (χ0) is 18.0. The van der Waals surface area contributed by atoms with E-state index in [1.807, 2.05) is 36.2 Å². The van der Waals surface area contributed by atoms with Crippen molar-refractivity contribution in [2.75, 3.05) is 51.8 Å². The van der Waals surface area contributed by atoms with E-state index in [2.05, 4.69) is 18.9 Å². The molecule has 3 rings (SSSR count). The van der Waals surface area contributed by atoms with Crippen LogP contribution in [0.3, 0.4) is 0 Å². The van der Waals surface area contributed by atoms with Gasteiger partial charge in [0.15, 0.2) is 6.61 Å². The average molecular weight is 345 g/mol. The molecule has 2 amide bonds. The molecule has 2 heterocycles. The fraction of sp³-hybridized carbons (Fsp3) is 0.579. The molecule has 0 bridgehead atoms. The van der Waals surface area contributed by atoms with Gasteiger partial charge in [0.25, 0.3) is 5.91 Å². The zero-order valence-corrected chi connectivity index (χ0v) is 15.3. The maximum atomic E-state index is 12.6. The summed E-state index contributed by atoms with van der Waals surface area (Å²) in [6.07, 6.45) is 1.43. The summed E-state index contributed by atoms with van der Waals surface area (Å²) >= 11 is 0. The summed E-state index contributed by atoms with van der Waals surface area (Å²) in [4.78, 5) is 30.5. The van der Waals surface area contributed by atoms with E-state index in [-0.39, 0.29) is 23.8 Å². The molecule has 2 aliphatic heterocycles. The van der Waals surface area contributed by atoms with E-state index in [9.17, 15) is 9.59 Å². The summed E-state index contributed by atoms with van der Waals surface area (Å²) in [7, 11) is 3.98. The number of ether oxygens (including phenoxy) is 1. The number of nitrogens with zero attached hydrogens (tertiary/aromatic N) is 3. The highest BCUT2D eigenvalue weighted by Crippen LogP contribution is 2.32. The van der Waals surface area contributed by atoms with Gasteiger partial charge in [-0.25, -0.2) is 0 Å². The first-order valence-corrected chi connectivity index (χ1v) is 8.83. The predicted molar refractivity (Wildman–Crippen MR) is 96.8 cm³/mol. The largest absolute Gasteiger partial charge is 0.482 e. The fourth-order valence-electron chi connectivity index (χ4n) is 3.86. The molecule has 0 aromatic heterocycles. The summed E-state index contributed by atoms with van der Waals surface area (Å²) in [5, 5.41) is 0. The summed E-state index contributed by atoms with van der Waals surface area (Å²) < 4.78 is 5.44. The first kappa shape index (κ1) is 17.7. The molecule has 1 saturated heterocycles. The van der Waals surface area contributed by atoms with Gasteiger partial charge < -0.3 is 19.4 Å². The predicted octanol–water partition coefficient (Wildman–Crippen LogP) is 1.60. The van der Waals surface area contributed by atoms with Gasteiger partial charge in [-0.1, -0.05) is 19.1 Å². The van der Waals surface area contributed by atoms with E-state index in [0.29, 0.717) is 18.7 Å². The van der Waals surface area contributed by atoms with Crippen LogP contribution in [-0.2, 0) is 9.59 Å². The van der Waals surface area contributed by atoms with Crippen LogP contribution in [0, 0.1) is 5.41 Å². The zero-order valence-electron chi connectivity index (χ0n) is 15.3. The van der Waals surface area contributed by atoms with Crippen molar-refractivity contribution >= 4 is 17.5 Å². The Labute approximate surface area is 149 Å². The molecule has 25 heavy (non-hydrogen) atoms. The molecule has 0 unspecified atom stereocenters. The number of carbonyl (C=O) groups is 2. The van der Waals surface area contributed by atoms with Crippen LogP contribution in [0.25, 0.3) is 0 Å². The highest BCUT2D eigenvalue weighted by atomic mass is 16.5. The highest BCUT2D eigenvalue weighted by Gasteiger charge is 2.34. The molecule has 0 saturated carbocycles. The Balaban J connectivity index is 1.58. The molecule has 0 aliphatic carbocycles. The van der Waals surface area contributed by atoms with Crippen LogP contribution in [-0.4, -0.2) is 68.5 Å². The number of anilines is 1. The van der Waals surface area contributed by atoms with E-state index in [0.717, 1.165) is 31.7 Å². The van der Waals surface area contributed by atoms with Gasteiger partial charge in [0.2, 0.25) is 5.91 Å². The molecule has 1 aromatic rings. The first-order chi connectivity index (χ1) is 11.9.